The SMILES string of the molecule is Cc1cc(C)c2sc(N(CCCN(C)C)C(=O)c3ccc(Br)o3)nc2c1.Cl. The Balaban J connectivity index is 0.00000261. The lowest BCUT2D eigenvalue weighted by Crippen LogP contribution is -2.33. The zero-order valence-corrected chi connectivity index (χ0v) is 19.0. The number of carbonyl (C=O) groups excluding carboxylic acids is 1. The minimum absolute atomic E-state index is 0. The van der Waals surface area contributed by atoms with Gasteiger partial charge in [-0.15, -0.1) is 12.4 Å². The first-order chi connectivity index (χ1) is 12.3. The van der Waals surface area contributed by atoms with Crippen LogP contribution in [0.1, 0.15) is 28.1 Å². The molecule has 8 heteroatoms. The molecule has 0 aliphatic carbocycles. The first-order valence-electron chi connectivity index (χ1n) is 8.45. The van der Waals surface area contributed by atoms with E-state index >= 15 is 0 Å². The van der Waals surface area contributed by atoms with Crippen LogP contribution >= 0.6 is 39.7 Å². The second kappa shape index (κ2) is 9.19. The fraction of sp³-hybridized carbons (Fsp3) is 0.368. The lowest BCUT2D eigenvalue weighted by molar-refractivity contribution is 0.0958. The Morgan fingerprint density at radius 2 is 1.96 bits per heavy atom. The molecule has 3 aromatic rings. The third kappa shape index (κ3) is 5.10. The Kier molecular flexibility index (Phi) is 7.45. The highest BCUT2D eigenvalue weighted by Gasteiger charge is 2.24. The largest absolute Gasteiger partial charge is 0.444 e. The summed E-state index contributed by atoms with van der Waals surface area (Å²) >= 11 is 4.82. The van der Waals surface area contributed by atoms with Crippen LogP contribution in [0.25, 0.3) is 10.2 Å². The van der Waals surface area contributed by atoms with Crippen molar-refractivity contribution in [2.75, 3.05) is 32.1 Å². The van der Waals surface area contributed by atoms with Crippen LogP contribution in [0.15, 0.2) is 33.4 Å². The standard InChI is InChI=1S/C19H22BrN3O2S.ClH/c1-12-10-13(2)17-14(11-12)21-19(26-17)23(9-5-8-22(3)4)18(24)15-6-7-16(20)25-15;/h6-7,10-11H,5,8-9H2,1-4H3;1H. The van der Waals surface area contributed by atoms with Crippen LogP contribution in [0, 0.1) is 13.8 Å². The summed E-state index contributed by atoms with van der Waals surface area (Å²) < 4.78 is 7.15. The number of benzene rings is 1. The third-order valence-electron chi connectivity index (χ3n) is 4.06. The number of halogens is 2. The van der Waals surface area contributed by atoms with Crippen molar-refractivity contribution in [3.8, 4) is 0 Å². The monoisotopic (exact) mass is 471 g/mol. The second-order valence-corrected chi connectivity index (χ2v) is 8.40. The van der Waals surface area contributed by atoms with Crippen LogP contribution in [0.4, 0.5) is 5.13 Å². The van der Waals surface area contributed by atoms with Crippen molar-refractivity contribution in [1.29, 1.82) is 0 Å². The number of aromatic nitrogens is 1. The van der Waals surface area contributed by atoms with E-state index in [0.29, 0.717) is 22.1 Å². The zero-order valence-electron chi connectivity index (χ0n) is 15.8. The number of amides is 1. The second-order valence-electron chi connectivity index (χ2n) is 6.64. The van der Waals surface area contributed by atoms with E-state index in [0.717, 1.165) is 23.2 Å². The average molecular weight is 473 g/mol. The van der Waals surface area contributed by atoms with E-state index < -0.39 is 0 Å². The summed E-state index contributed by atoms with van der Waals surface area (Å²) in [6.45, 7) is 5.63. The maximum Gasteiger partial charge on any atom is 0.295 e. The predicted octanol–water partition coefficient (Wildman–Crippen LogP) is 5.29. The van der Waals surface area contributed by atoms with Crippen molar-refractivity contribution < 1.29 is 9.21 Å². The van der Waals surface area contributed by atoms with Crippen molar-refractivity contribution >= 4 is 60.9 Å². The van der Waals surface area contributed by atoms with E-state index in [-0.39, 0.29) is 18.3 Å². The number of aryl methyl sites for hydroxylation is 2. The van der Waals surface area contributed by atoms with Gasteiger partial charge in [-0.05, 0) is 86.2 Å². The topological polar surface area (TPSA) is 49.6 Å². The van der Waals surface area contributed by atoms with Crippen LogP contribution in [0.3, 0.4) is 0 Å². The summed E-state index contributed by atoms with van der Waals surface area (Å²) in [4.78, 5) is 21.6. The van der Waals surface area contributed by atoms with Gasteiger partial charge in [0.15, 0.2) is 15.6 Å². The highest BCUT2D eigenvalue weighted by atomic mass is 79.9. The molecule has 1 aromatic carbocycles. The zero-order chi connectivity index (χ0) is 18.8. The molecule has 2 aromatic heterocycles. The number of fused-ring (bicyclic) bond motifs is 1. The van der Waals surface area contributed by atoms with Crippen LogP contribution < -0.4 is 4.90 Å². The van der Waals surface area contributed by atoms with Crippen molar-refractivity contribution in [3.63, 3.8) is 0 Å². The Morgan fingerprint density at radius 1 is 1.22 bits per heavy atom. The van der Waals surface area contributed by atoms with Crippen LogP contribution in [-0.4, -0.2) is 43.0 Å². The lowest BCUT2D eigenvalue weighted by Gasteiger charge is -2.19. The van der Waals surface area contributed by atoms with Crippen molar-refractivity contribution in [1.82, 2.24) is 9.88 Å². The summed E-state index contributed by atoms with van der Waals surface area (Å²) in [5.41, 5.74) is 3.30. The molecule has 0 radical (unpaired) electrons. The summed E-state index contributed by atoms with van der Waals surface area (Å²) in [5.74, 6) is 0.150. The molecule has 0 saturated carbocycles. The number of hydrogen-bond acceptors (Lipinski definition) is 5. The van der Waals surface area contributed by atoms with Gasteiger partial charge in [0.1, 0.15) is 0 Å². The molecule has 0 spiro atoms. The van der Waals surface area contributed by atoms with Gasteiger partial charge < -0.3 is 9.32 Å². The van der Waals surface area contributed by atoms with Gasteiger partial charge in [-0.25, -0.2) is 4.98 Å². The van der Waals surface area contributed by atoms with E-state index in [9.17, 15) is 4.79 Å². The fourth-order valence-corrected chi connectivity index (χ4v) is 4.22. The minimum atomic E-state index is -0.164. The highest BCUT2D eigenvalue weighted by Crippen LogP contribution is 2.33. The lowest BCUT2D eigenvalue weighted by atomic mass is 10.1. The number of hydrogen-bond donors (Lipinski definition) is 0. The van der Waals surface area contributed by atoms with E-state index in [1.807, 2.05) is 14.1 Å². The highest BCUT2D eigenvalue weighted by molar-refractivity contribution is 9.10. The molecule has 146 valence electrons. The average Bonchev–Trinajstić information content (AvgIpc) is 3.17. The van der Waals surface area contributed by atoms with Gasteiger partial charge in [0.05, 0.1) is 10.2 Å². The molecule has 3 rings (SSSR count). The minimum Gasteiger partial charge on any atom is -0.444 e. The first kappa shape index (κ1) is 21.9. The summed E-state index contributed by atoms with van der Waals surface area (Å²) in [6, 6.07) is 7.63. The van der Waals surface area contributed by atoms with Gasteiger partial charge in [-0.2, -0.15) is 0 Å². The van der Waals surface area contributed by atoms with Crippen molar-refractivity contribution in [2.45, 2.75) is 20.3 Å². The van der Waals surface area contributed by atoms with Crippen LogP contribution in [-0.2, 0) is 0 Å². The molecule has 0 fully saturated rings. The molecule has 0 N–H and O–H groups in total. The number of carbonyl (C=O) groups is 1. The van der Waals surface area contributed by atoms with Gasteiger partial charge in [-0.3, -0.25) is 9.69 Å². The van der Waals surface area contributed by atoms with Gasteiger partial charge in [0, 0.05) is 6.54 Å². The smallest absolute Gasteiger partial charge is 0.295 e. The molecule has 5 nitrogen and oxygen atoms in total. The molecule has 0 aliphatic rings. The third-order valence-corrected chi connectivity index (χ3v) is 5.71. The number of furan rings is 1. The predicted molar refractivity (Wildman–Crippen MR) is 118 cm³/mol. The maximum atomic E-state index is 13.0. The molecular formula is C19H23BrClN3O2S. The quantitative estimate of drug-likeness (QED) is 0.489. The molecule has 2 heterocycles. The summed E-state index contributed by atoms with van der Waals surface area (Å²) in [7, 11) is 4.05. The fourth-order valence-electron chi connectivity index (χ4n) is 2.87. The van der Waals surface area contributed by atoms with Crippen LogP contribution in [0.2, 0.25) is 0 Å². The Morgan fingerprint density at radius 3 is 2.59 bits per heavy atom. The number of anilines is 1. The van der Waals surface area contributed by atoms with E-state index in [1.165, 1.54) is 11.1 Å². The number of rotatable bonds is 6. The van der Waals surface area contributed by atoms with Gasteiger partial charge in [0.25, 0.3) is 5.91 Å². The molecule has 0 atom stereocenters. The van der Waals surface area contributed by atoms with Crippen LogP contribution in [0.5, 0.6) is 0 Å². The number of nitrogens with zero attached hydrogens (tertiary/aromatic N) is 3. The summed E-state index contributed by atoms with van der Waals surface area (Å²) in [6.07, 6.45) is 0.856. The maximum absolute atomic E-state index is 13.0. The molecular weight excluding hydrogens is 450 g/mol. The van der Waals surface area contributed by atoms with Gasteiger partial charge >= 0.3 is 0 Å². The molecule has 0 unspecified atom stereocenters. The Bertz CT molecular complexity index is 938. The Labute approximate surface area is 177 Å². The van der Waals surface area contributed by atoms with E-state index in [1.54, 1.807) is 28.4 Å². The number of thiazole rings is 1. The van der Waals surface area contributed by atoms with Crippen molar-refractivity contribution in [2.24, 2.45) is 0 Å². The normalized spacial score (nSPS) is 11.0. The van der Waals surface area contributed by atoms with Gasteiger partial charge in [0.2, 0.25) is 0 Å². The summed E-state index contributed by atoms with van der Waals surface area (Å²) in [5, 5.41) is 0.713. The van der Waals surface area contributed by atoms with Crippen molar-refractivity contribution in [3.05, 3.63) is 45.8 Å². The van der Waals surface area contributed by atoms with E-state index in [4.69, 9.17) is 9.40 Å². The molecule has 0 bridgehead atoms. The van der Waals surface area contributed by atoms with Gasteiger partial charge in [-0.1, -0.05) is 17.4 Å². The first-order valence-corrected chi connectivity index (χ1v) is 10.1. The molecule has 27 heavy (non-hydrogen) atoms. The molecule has 1 amide bonds. The van der Waals surface area contributed by atoms with E-state index in [2.05, 4.69) is 46.8 Å². The molecule has 0 saturated heterocycles. The Hall–Kier alpha value is -1.41. The molecule has 0 aliphatic heterocycles.